The van der Waals surface area contributed by atoms with Gasteiger partial charge in [0, 0.05) is 12.1 Å². The van der Waals surface area contributed by atoms with Crippen molar-refractivity contribution in [2.75, 3.05) is 6.54 Å². The van der Waals surface area contributed by atoms with Crippen LogP contribution in [0.3, 0.4) is 0 Å². The Labute approximate surface area is 136 Å². The minimum atomic E-state index is -0.969. The Morgan fingerprint density at radius 1 is 1.30 bits per heavy atom. The predicted molar refractivity (Wildman–Crippen MR) is 87.3 cm³/mol. The zero-order chi connectivity index (χ0) is 16.9. The summed E-state index contributed by atoms with van der Waals surface area (Å²) in [5.74, 6) is 0.603. The molecule has 0 fully saturated rings. The van der Waals surface area contributed by atoms with Gasteiger partial charge in [-0.25, -0.2) is 0 Å². The standard InChI is InChI=1S/C18H23NO4/c1-13(2)18(3,21)12-19-17(20)16-14(9-10-22-16)11-23-15-7-5-4-6-8-15/h4-10,13,21H,11-12H2,1-3H3,(H,19,20). The van der Waals surface area contributed by atoms with Gasteiger partial charge in [-0.15, -0.1) is 0 Å². The number of hydrogen-bond donors (Lipinski definition) is 2. The second-order valence-corrected chi connectivity index (χ2v) is 6.07. The fraction of sp³-hybridized carbons (Fsp3) is 0.389. The number of furan rings is 1. The van der Waals surface area contributed by atoms with E-state index in [1.54, 1.807) is 13.0 Å². The Balaban J connectivity index is 1.96. The molecule has 2 aromatic rings. The highest BCUT2D eigenvalue weighted by atomic mass is 16.5. The van der Waals surface area contributed by atoms with Crippen LogP contribution in [0, 0.1) is 5.92 Å². The zero-order valence-corrected chi connectivity index (χ0v) is 13.7. The van der Waals surface area contributed by atoms with Gasteiger partial charge in [0.2, 0.25) is 0 Å². The van der Waals surface area contributed by atoms with Crippen molar-refractivity contribution < 1.29 is 19.1 Å². The lowest BCUT2D eigenvalue weighted by Crippen LogP contribution is -2.44. The Bertz CT molecular complexity index is 631. The van der Waals surface area contributed by atoms with Crippen LogP contribution in [0.5, 0.6) is 5.75 Å². The normalized spacial score (nSPS) is 13.6. The van der Waals surface area contributed by atoms with Crippen molar-refractivity contribution in [1.82, 2.24) is 5.32 Å². The summed E-state index contributed by atoms with van der Waals surface area (Å²) in [4.78, 5) is 12.2. The smallest absolute Gasteiger partial charge is 0.287 e. The van der Waals surface area contributed by atoms with Gasteiger partial charge in [-0.05, 0) is 31.0 Å². The van der Waals surface area contributed by atoms with Gasteiger partial charge in [-0.2, -0.15) is 0 Å². The number of carbonyl (C=O) groups excluding carboxylic acids is 1. The Kier molecular flexibility index (Phi) is 5.45. The first kappa shape index (κ1) is 17.1. The summed E-state index contributed by atoms with van der Waals surface area (Å²) in [5.41, 5.74) is -0.307. The average molecular weight is 317 g/mol. The summed E-state index contributed by atoms with van der Waals surface area (Å²) >= 11 is 0. The van der Waals surface area contributed by atoms with Gasteiger partial charge >= 0.3 is 0 Å². The SMILES string of the molecule is CC(C)C(C)(O)CNC(=O)c1occc1COc1ccccc1. The molecule has 0 saturated heterocycles. The predicted octanol–water partition coefficient (Wildman–Crippen LogP) is 3.00. The number of aliphatic hydroxyl groups is 1. The molecular formula is C18H23NO4. The van der Waals surface area contributed by atoms with E-state index < -0.39 is 5.60 Å². The van der Waals surface area contributed by atoms with Gasteiger partial charge in [0.05, 0.1) is 11.9 Å². The molecule has 0 aliphatic rings. The van der Waals surface area contributed by atoms with Crippen molar-refractivity contribution >= 4 is 5.91 Å². The molecule has 23 heavy (non-hydrogen) atoms. The molecule has 0 bridgehead atoms. The van der Waals surface area contributed by atoms with Crippen LogP contribution in [-0.4, -0.2) is 23.2 Å². The lowest BCUT2D eigenvalue weighted by Gasteiger charge is -2.27. The van der Waals surface area contributed by atoms with Gasteiger partial charge in [-0.1, -0.05) is 32.0 Å². The number of benzene rings is 1. The molecule has 2 rings (SSSR count). The first-order valence-electron chi connectivity index (χ1n) is 7.65. The van der Waals surface area contributed by atoms with E-state index in [0.717, 1.165) is 5.75 Å². The maximum Gasteiger partial charge on any atom is 0.287 e. The van der Waals surface area contributed by atoms with E-state index in [9.17, 15) is 9.90 Å². The van der Waals surface area contributed by atoms with Gasteiger partial charge < -0.3 is 19.6 Å². The number of hydrogen-bond acceptors (Lipinski definition) is 4. The van der Waals surface area contributed by atoms with E-state index in [4.69, 9.17) is 9.15 Å². The third-order valence-corrected chi connectivity index (χ3v) is 3.94. The molecule has 1 amide bonds. The highest BCUT2D eigenvalue weighted by molar-refractivity contribution is 5.92. The number of nitrogens with one attached hydrogen (secondary N) is 1. The molecular weight excluding hydrogens is 294 g/mol. The molecule has 5 nitrogen and oxygen atoms in total. The summed E-state index contributed by atoms with van der Waals surface area (Å²) in [5, 5.41) is 12.9. The molecule has 0 saturated carbocycles. The quantitative estimate of drug-likeness (QED) is 0.823. The van der Waals surface area contributed by atoms with Crippen molar-refractivity contribution in [3.63, 3.8) is 0 Å². The molecule has 0 aliphatic carbocycles. The van der Waals surface area contributed by atoms with Gasteiger partial charge in [0.1, 0.15) is 12.4 Å². The third kappa shape index (κ3) is 4.60. The maximum absolute atomic E-state index is 12.2. The van der Waals surface area contributed by atoms with E-state index in [0.29, 0.717) is 5.56 Å². The van der Waals surface area contributed by atoms with E-state index in [1.807, 2.05) is 44.2 Å². The van der Waals surface area contributed by atoms with Crippen LogP contribution in [0.25, 0.3) is 0 Å². The van der Waals surface area contributed by atoms with Gasteiger partial charge in [0.15, 0.2) is 5.76 Å². The summed E-state index contributed by atoms with van der Waals surface area (Å²) in [6.45, 7) is 5.89. The van der Waals surface area contributed by atoms with Crippen molar-refractivity contribution in [2.24, 2.45) is 5.92 Å². The van der Waals surface area contributed by atoms with Crippen molar-refractivity contribution in [1.29, 1.82) is 0 Å². The highest BCUT2D eigenvalue weighted by Gasteiger charge is 2.26. The minimum absolute atomic E-state index is 0.0280. The van der Waals surface area contributed by atoms with E-state index in [1.165, 1.54) is 6.26 Å². The van der Waals surface area contributed by atoms with Gasteiger partial charge in [0.25, 0.3) is 5.91 Å². The second kappa shape index (κ2) is 7.33. The summed E-state index contributed by atoms with van der Waals surface area (Å²) in [6, 6.07) is 11.1. The number of ether oxygens (including phenoxy) is 1. The van der Waals surface area contributed by atoms with E-state index in [2.05, 4.69) is 5.32 Å². The van der Waals surface area contributed by atoms with Crippen LogP contribution in [0.1, 0.15) is 36.9 Å². The molecule has 1 unspecified atom stereocenters. The molecule has 124 valence electrons. The van der Waals surface area contributed by atoms with Crippen LogP contribution >= 0.6 is 0 Å². The average Bonchev–Trinajstić information content (AvgIpc) is 3.00. The first-order valence-corrected chi connectivity index (χ1v) is 7.65. The maximum atomic E-state index is 12.2. The molecule has 0 spiro atoms. The summed E-state index contributed by atoms with van der Waals surface area (Å²) < 4.78 is 10.9. The molecule has 1 heterocycles. The van der Waals surface area contributed by atoms with Crippen molar-refractivity contribution in [2.45, 2.75) is 33.0 Å². The van der Waals surface area contributed by atoms with Crippen LogP contribution in [0.2, 0.25) is 0 Å². The number of carbonyl (C=O) groups is 1. The molecule has 2 N–H and O–H groups in total. The molecule has 1 aromatic heterocycles. The molecule has 5 heteroatoms. The third-order valence-electron chi connectivity index (χ3n) is 3.94. The fourth-order valence-corrected chi connectivity index (χ4v) is 1.87. The Hall–Kier alpha value is -2.27. The van der Waals surface area contributed by atoms with Crippen molar-refractivity contribution in [3.05, 3.63) is 54.0 Å². The fourth-order valence-electron chi connectivity index (χ4n) is 1.87. The molecule has 0 aliphatic heterocycles. The van der Waals surface area contributed by atoms with E-state index >= 15 is 0 Å². The number of rotatable bonds is 7. The number of amides is 1. The zero-order valence-electron chi connectivity index (χ0n) is 13.7. The van der Waals surface area contributed by atoms with Crippen LogP contribution in [-0.2, 0) is 6.61 Å². The van der Waals surface area contributed by atoms with Crippen LogP contribution < -0.4 is 10.1 Å². The second-order valence-electron chi connectivity index (χ2n) is 6.07. The minimum Gasteiger partial charge on any atom is -0.489 e. The number of para-hydroxylation sites is 1. The molecule has 1 aromatic carbocycles. The topological polar surface area (TPSA) is 71.7 Å². The van der Waals surface area contributed by atoms with Gasteiger partial charge in [-0.3, -0.25) is 4.79 Å². The molecule has 1 atom stereocenters. The lowest BCUT2D eigenvalue weighted by atomic mass is 9.92. The first-order chi connectivity index (χ1) is 10.9. The summed E-state index contributed by atoms with van der Waals surface area (Å²) in [6.07, 6.45) is 1.46. The Morgan fingerprint density at radius 3 is 2.65 bits per heavy atom. The largest absolute Gasteiger partial charge is 0.489 e. The Morgan fingerprint density at radius 2 is 2.00 bits per heavy atom. The molecule has 0 radical (unpaired) electrons. The van der Waals surface area contributed by atoms with Crippen LogP contribution in [0.15, 0.2) is 47.1 Å². The van der Waals surface area contributed by atoms with Crippen molar-refractivity contribution in [3.8, 4) is 5.75 Å². The monoisotopic (exact) mass is 317 g/mol. The highest BCUT2D eigenvalue weighted by Crippen LogP contribution is 2.17. The lowest BCUT2D eigenvalue weighted by molar-refractivity contribution is 0.0139. The summed E-state index contributed by atoms with van der Waals surface area (Å²) in [7, 11) is 0. The van der Waals surface area contributed by atoms with E-state index in [-0.39, 0.29) is 30.7 Å². The van der Waals surface area contributed by atoms with Crippen LogP contribution in [0.4, 0.5) is 0 Å².